The van der Waals surface area contributed by atoms with Crippen molar-refractivity contribution < 1.29 is 0 Å². The summed E-state index contributed by atoms with van der Waals surface area (Å²) in [6.45, 7) is 10.7. The molecule has 2 heteroatoms. The maximum absolute atomic E-state index is 5.74. The van der Waals surface area contributed by atoms with Gasteiger partial charge in [0.2, 0.25) is 0 Å². The molecule has 1 fully saturated rings. The number of hydrogen-bond acceptors (Lipinski definition) is 2. The van der Waals surface area contributed by atoms with Gasteiger partial charge in [0.15, 0.2) is 0 Å². The third-order valence-electron chi connectivity index (χ3n) is 4.43. The summed E-state index contributed by atoms with van der Waals surface area (Å²) in [4.78, 5) is 2.59. The summed E-state index contributed by atoms with van der Waals surface area (Å²) in [6, 6.07) is 8.32. The topological polar surface area (TPSA) is 29.3 Å². The van der Waals surface area contributed by atoms with Crippen molar-refractivity contribution in [1.82, 2.24) is 4.90 Å². The van der Waals surface area contributed by atoms with Crippen molar-refractivity contribution in [3.63, 3.8) is 0 Å². The first-order valence-corrected chi connectivity index (χ1v) is 7.52. The predicted molar refractivity (Wildman–Crippen MR) is 82.9 cm³/mol. The van der Waals surface area contributed by atoms with E-state index in [0.717, 1.165) is 18.2 Å². The van der Waals surface area contributed by atoms with E-state index in [1.807, 2.05) is 12.1 Å². The summed E-state index contributed by atoms with van der Waals surface area (Å²) >= 11 is 0. The summed E-state index contributed by atoms with van der Waals surface area (Å²) in [5.74, 6) is 0.865. The quantitative estimate of drug-likeness (QED) is 0.817. The fraction of sp³-hybridized carbons (Fsp3) is 0.647. The van der Waals surface area contributed by atoms with Crippen molar-refractivity contribution in [3.8, 4) is 0 Å². The van der Waals surface area contributed by atoms with Crippen molar-refractivity contribution in [1.29, 1.82) is 0 Å². The minimum Gasteiger partial charge on any atom is -0.399 e. The highest BCUT2D eigenvalue weighted by atomic mass is 15.1. The van der Waals surface area contributed by atoms with E-state index in [4.69, 9.17) is 5.73 Å². The number of anilines is 1. The van der Waals surface area contributed by atoms with E-state index >= 15 is 0 Å². The first-order valence-electron chi connectivity index (χ1n) is 7.52. The lowest BCUT2D eigenvalue weighted by Gasteiger charge is -2.29. The summed E-state index contributed by atoms with van der Waals surface area (Å²) in [5, 5.41) is 0. The van der Waals surface area contributed by atoms with Crippen LogP contribution in [0, 0.1) is 11.3 Å². The van der Waals surface area contributed by atoms with Gasteiger partial charge in [0.05, 0.1) is 0 Å². The third kappa shape index (κ3) is 4.24. The number of rotatable bonds is 2. The smallest absolute Gasteiger partial charge is 0.0314 e. The van der Waals surface area contributed by atoms with E-state index in [1.165, 1.54) is 37.9 Å². The average molecular weight is 260 g/mol. The van der Waals surface area contributed by atoms with Crippen LogP contribution in [0.2, 0.25) is 0 Å². The first-order chi connectivity index (χ1) is 8.95. The molecule has 1 heterocycles. The highest BCUT2D eigenvalue weighted by Crippen LogP contribution is 2.34. The summed E-state index contributed by atoms with van der Waals surface area (Å²) in [5.41, 5.74) is 8.43. The van der Waals surface area contributed by atoms with Crippen LogP contribution in [0.1, 0.15) is 45.6 Å². The largest absolute Gasteiger partial charge is 0.399 e. The Morgan fingerprint density at radius 2 is 1.79 bits per heavy atom. The van der Waals surface area contributed by atoms with Crippen LogP contribution < -0.4 is 5.73 Å². The highest BCUT2D eigenvalue weighted by Gasteiger charge is 2.26. The Balaban J connectivity index is 1.91. The van der Waals surface area contributed by atoms with Crippen LogP contribution in [0.5, 0.6) is 0 Å². The van der Waals surface area contributed by atoms with Gasteiger partial charge in [-0.25, -0.2) is 0 Å². The van der Waals surface area contributed by atoms with E-state index in [2.05, 4.69) is 37.8 Å². The van der Waals surface area contributed by atoms with E-state index in [0.29, 0.717) is 5.41 Å². The standard InChI is InChI=1S/C17H28N2/c1-17(2,3)15-5-4-11-19(12-10-15)13-14-6-8-16(18)9-7-14/h6-9,15H,4-5,10-13,18H2,1-3H3. The Morgan fingerprint density at radius 1 is 1.11 bits per heavy atom. The molecule has 0 aliphatic carbocycles. The minimum atomic E-state index is 0.456. The van der Waals surface area contributed by atoms with E-state index in [1.54, 1.807) is 0 Å². The van der Waals surface area contributed by atoms with Gasteiger partial charge < -0.3 is 5.73 Å². The van der Waals surface area contributed by atoms with Crippen molar-refractivity contribution in [2.75, 3.05) is 18.8 Å². The number of nitrogen functional groups attached to an aromatic ring is 1. The van der Waals surface area contributed by atoms with Crippen molar-refractivity contribution >= 4 is 5.69 Å². The van der Waals surface area contributed by atoms with Crippen molar-refractivity contribution in [2.45, 2.75) is 46.6 Å². The summed E-state index contributed by atoms with van der Waals surface area (Å²) < 4.78 is 0. The predicted octanol–water partition coefficient (Wildman–Crippen LogP) is 3.92. The Kier molecular flexibility index (Phi) is 4.51. The molecular formula is C17H28N2. The molecule has 0 spiro atoms. The van der Waals surface area contributed by atoms with Crippen molar-refractivity contribution in [3.05, 3.63) is 29.8 Å². The molecule has 19 heavy (non-hydrogen) atoms. The van der Waals surface area contributed by atoms with Crippen LogP contribution in [-0.4, -0.2) is 18.0 Å². The molecule has 1 aromatic carbocycles. The van der Waals surface area contributed by atoms with Gasteiger partial charge in [-0.2, -0.15) is 0 Å². The number of hydrogen-bond donors (Lipinski definition) is 1. The van der Waals surface area contributed by atoms with Crippen LogP contribution in [0.25, 0.3) is 0 Å². The van der Waals surface area contributed by atoms with Gasteiger partial charge in [-0.05, 0) is 61.4 Å². The first kappa shape index (κ1) is 14.4. The van der Waals surface area contributed by atoms with Crippen LogP contribution in [0.3, 0.4) is 0 Å². The van der Waals surface area contributed by atoms with Crippen LogP contribution in [0.4, 0.5) is 5.69 Å². The van der Waals surface area contributed by atoms with E-state index in [9.17, 15) is 0 Å². The lowest BCUT2D eigenvalue weighted by Crippen LogP contribution is -2.26. The zero-order chi connectivity index (χ0) is 13.9. The lowest BCUT2D eigenvalue weighted by molar-refractivity contribution is 0.206. The number of nitrogens with zero attached hydrogens (tertiary/aromatic N) is 1. The molecule has 0 radical (unpaired) electrons. The summed E-state index contributed by atoms with van der Waals surface area (Å²) in [6.07, 6.45) is 4.04. The van der Waals surface area contributed by atoms with Gasteiger partial charge in [-0.15, -0.1) is 0 Å². The molecule has 0 amide bonds. The molecule has 2 N–H and O–H groups in total. The average Bonchev–Trinajstić information content (AvgIpc) is 2.57. The second-order valence-corrected chi connectivity index (χ2v) is 7.01. The molecule has 1 aromatic rings. The number of benzene rings is 1. The summed E-state index contributed by atoms with van der Waals surface area (Å²) in [7, 11) is 0. The maximum Gasteiger partial charge on any atom is 0.0314 e. The third-order valence-corrected chi connectivity index (χ3v) is 4.43. The zero-order valence-corrected chi connectivity index (χ0v) is 12.7. The molecule has 2 rings (SSSR count). The minimum absolute atomic E-state index is 0.456. The van der Waals surface area contributed by atoms with Crippen LogP contribution in [0.15, 0.2) is 24.3 Å². The molecule has 1 unspecified atom stereocenters. The highest BCUT2D eigenvalue weighted by molar-refractivity contribution is 5.39. The Hall–Kier alpha value is -1.02. The van der Waals surface area contributed by atoms with Gasteiger partial charge in [-0.3, -0.25) is 4.90 Å². The molecule has 0 saturated carbocycles. The zero-order valence-electron chi connectivity index (χ0n) is 12.7. The monoisotopic (exact) mass is 260 g/mol. The maximum atomic E-state index is 5.74. The van der Waals surface area contributed by atoms with Gasteiger partial charge >= 0.3 is 0 Å². The number of likely N-dealkylation sites (tertiary alicyclic amines) is 1. The van der Waals surface area contributed by atoms with Gasteiger partial charge in [-0.1, -0.05) is 32.9 Å². The second kappa shape index (κ2) is 5.96. The molecule has 0 aromatic heterocycles. The molecule has 106 valence electrons. The molecule has 1 atom stereocenters. The molecular weight excluding hydrogens is 232 g/mol. The normalized spacial score (nSPS) is 22.2. The van der Waals surface area contributed by atoms with Crippen molar-refractivity contribution in [2.24, 2.45) is 11.3 Å². The van der Waals surface area contributed by atoms with Gasteiger partial charge in [0.1, 0.15) is 0 Å². The van der Waals surface area contributed by atoms with E-state index < -0.39 is 0 Å². The molecule has 1 aliphatic heterocycles. The van der Waals surface area contributed by atoms with Crippen LogP contribution in [-0.2, 0) is 6.54 Å². The molecule has 1 saturated heterocycles. The lowest BCUT2D eigenvalue weighted by atomic mass is 9.77. The SMILES string of the molecule is CC(C)(C)C1CCCN(Cc2ccc(N)cc2)CC1. The number of nitrogens with two attached hydrogens (primary N) is 1. The van der Waals surface area contributed by atoms with E-state index in [-0.39, 0.29) is 0 Å². The Bertz CT molecular complexity index is 389. The fourth-order valence-corrected chi connectivity index (χ4v) is 3.06. The van der Waals surface area contributed by atoms with Crippen LogP contribution >= 0.6 is 0 Å². The second-order valence-electron chi connectivity index (χ2n) is 7.01. The van der Waals surface area contributed by atoms with Gasteiger partial charge in [0, 0.05) is 12.2 Å². The molecule has 2 nitrogen and oxygen atoms in total. The molecule has 0 bridgehead atoms. The Morgan fingerprint density at radius 3 is 2.42 bits per heavy atom. The van der Waals surface area contributed by atoms with Gasteiger partial charge in [0.25, 0.3) is 0 Å². The Labute approximate surface area is 118 Å². The molecule has 1 aliphatic rings. The fourth-order valence-electron chi connectivity index (χ4n) is 3.06.